The van der Waals surface area contributed by atoms with Crippen molar-refractivity contribution in [3.8, 4) is 0 Å². The third-order valence-corrected chi connectivity index (χ3v) is 10.1. The second-order valence-electron chi connectivity index (χ2n) is 13.7. The predicted octanol–water partition coefficient (Wildman–Crippen LogP) is 5.21. The number of nitrogens with one attached hydrogen (secondary N) is 2. The second-order valence-corrected chi connectivity index (χ2v) is 13.7. The maximum Gasteiger partial charge on any atom is 0.412 e. The first kappa shape index (κ1) is 31.6. The standard InChI is InChI=1S/C39H37N5O6/c1-23(2)20-32-36(47)43-31-19-11-8-16-27(31)39(49,37(43)44(32)38(48)50-22-24-12-4-3-5-13-24)21-29-33-40-28-17-9-6-14-25(28)35(46)42(33)30-18-10-7-15-26(30)34(45)41-29/h3-19,23,29,32-33,37,40,49H,20-22H2,1-2H3,(H,41,45)/t29-,32-,33-,37-,39+/m0/s1. The molecule has 0 unspecified atom stereocenters. The zero-order chi connectivity index (χ0) is 34.7. The number of hydrogen-bond donors (Lipinski definition) is 3. The zero-order valence-electron chi connectivity index (χ0n) is 27.7. The molecule has 0 bridgehead atoms. The van der Waals surface area contributed by atoms with E-state index < -0.39 is 42.0 Å². The molecular weight excluding hydrogens is 634 g/mol. The minimum Gasteiger partial charge on any atom is -0.444 e. The van der Waals surface area contributed by atoms with Crippen molar-refractivity contribution in [2.75, 3.05) is 15.1 Å². The van der Waals surface area contributed by atoms with Gasteiger partial charge in [-0.2, -0.15) is 0 Å². The van der Waals surface area contributed by atoms with Gasteiger partial charge in [0.25, 0.3) is 17.7 Å². The lowest BCUT2D eigenvalue weighted by atomic mass is 9.84. The van der Waals surface area contributed by atoms with E-state index in [0.29, 0.717) is 40.2 Å². The summed E-state index contributed by atoms with van der Waals surface area (Å²) in [5.74, 6) is -0.979. The van der Waals surface area contributed by atoms with Gasteiger partial charge in [0, 0.05) is 17.7 Å². The van der Waals surface area contributed by atoms with Crippen LogP contribution in [0.4, 0.5) is 21.9 Å². The quantitative estimate of drug-likeness (QED) is 0.256. The SMILES string of the molecule is CC(C)C[C@H]1C(=O)N2c3ccccc3[C@](O)(C[C@@H]3NC(=O)c4ccccc4N4C(=O)c5ccccc5N[C@H]34)[C@@H]2N1C(=O)OCc1ccccc1. The fourth-order valence-electron chi connectivity index (χ4n) is 7.99. The zero-order valence-corrected chi connectivity index (χ0v) is 27.7. The normalized spacial score (nSPS) is 24.8. The molecule has 11 heteroatoms. The van der Waals surface area contributed by atoms with Gasteiger partial charge in [0.2, 0.25) is 0 Å². The van der Waals surface area contributed by atoms with Crippen LogP contribution in [0.5, 0.6) is 0 Å². The molecule has 1 saturated heterocycles. The number of carbonyl (C=O) groups is 4. The number of amides is 4. The van der Waals surface area contributed by atoms with Gasteiger partial charge in [-0.1, -0.05) is 86.6 Å². The second kappa shape index (κ2) is 12.0. The molecule has 5 atom stereocenters. The van der Waals surface area contributed by atoms with Crippen molar-refractivity contribution >= 4 is 40.9 Å². The maximum atomic E-state index is 14.3. The van der Waals surface area contributed by atoms with E-state index in [2.05, 4.69) is 10.6 Å². The molecule has 0 spiro atoms. The lowest BCUT2D eigenvalue weighted by Gasteiger charge is -2.44. The van der Waals surface area contributed by atoms with Crippen molar-refractivity contribution in [2.45, 2.75) is 63.3 Å². The number of carbonyl (C=O) groups excluding carboxylic acids is 4. The van der Waals surface area contributed by atoms with Gasteiger partial charge in [0.15, 0.2) is 0 Å². The lowest BCUT2D eigenvalue weighted by molar-refractivity contribution is -0.120. The first-order valence-corrected chi connectivity index (χ1v) is 16.9. The molecule has 0 aromatic heterocycles. The van der Waals surface area contributed by atoms with Gasteiger partial charge in [-0.15, -0.1) is 0 Å². The van der Waals surface area contributed by atoms with Crippen LogP contribution in [-0.4, -0.2) is 58.2 Å². The van der Waals surface area contributed by atoms with Gasteiger partial charge in [0.1, 0.15) is 30.6 Å². The van der Waals surface area contributed by atoms with Gasteiger partial charge in [-0.3, -0.25) is 29.1 Å². The van der Waals surface area contributed by atoms with Crippen molar-refractivity contribution in [3.63, 3.8) is 0 Å². The number of ether oxygens (including phenoxy) is 1. The van der Waals surface area contributed by atoms with Crippen molar-refractivity contribution < 1.29 is 29.0 Å². The van der Waals surface area contributed by atoms with Gasteiger partial charge < -0.3 is 20.5 Å². The summed E-state index contributed by atoms with van der Waals surface area (Å²) in [6.45, 7) is 3.93. The molecule has 8 rings (SSSR count). The van der Waals surface area contributed by atoms with E-state index in [-0.39, 0.29) is 30.8 Å². The number of aliphatic hydroxyl groups is 1. The van der Waals surface area contributed by atoms with Crippen molar-refractivity contribution in [1.82, 2.24) is 10.2 Å². The number of fused-ring (bicyclic) bond motifs is 7. The number of nitrogens with zero attached hydrogens (tertiary/aromatic N) is 3. The summed E-state index contributed by atoms with van der Waals surface area (Å²) in [4.78, 5) is 61.1. The molecule has 4 heterocycles. The summed E-state index contributed by atoms with van der Waals surface area (Å²) in [5, 5.41) is 19.7. The van der Waals surface area contributed by atoms with Crippen LogP contribution < -0.4 is 20.4 Å². The molecule has 3 N–H and O–H groups in total. The Balaban J connectivity index is 1.23. The third kappa shape index (κ3) is 4.91. The Morgan fingerprint density at radius 2 is 1.48 bits per heavy atom. The molecule has 50 heavy (non-hydrogen) atoms. The lowest BCUT2D eigenvalue weighted by Crippen LogP contribution is -2.62. The van der Waals surface area contributed by atoms with Gasteiger partial charge in [0.05, 0.1) is 28.5 Å². The molecule has 4 aliphatic heterocycles. The van der Waals surface area contributed by atoms with Gasteiger partial charge in [-0.05, 0) is 48.2 Å². The summed E-state index contributed by atoms with van der Waals surface area (Å²) < 4.78 is 5.84. The number of benzene rings is 4. The summed E-state index contributed by atoms with van der Waals surface area (Å²) >= 11 is 0. The number of anilines is 3. The van der Waals surface area contributed by atoms with E-state index in [0.717, 1.165) is 5.56 Å². The predicted molar refractivity (Wildman–Crippen MR) is 186 cm³/mol. The Bertz CT molecular complexity index is 2020. The fourth-order valence-corrected chi connectivity index (χ4v) is 7.99. The largest absolute Gasteiger partial charge is 0.444 e. The van der Waals surface area contributed by atoms with Crippen LogP contribution in [0, 0.1) is 5.92 Å². The summed E-state index contributed by atoms with van der Waals surface area (Å²) in [7, 11) is 0. The van der Waals surface area contributed by atoms with Crippen LogP contribution in [-0.2, 0) is 21.7 Å². The van der Waals surface area contributed by atoms with Crippen LogP contribution in [0.15, 0.2) is 103 Å². The van der Waals surface area contributed by atoms with E-state index in [9.17, 15) is 24.3 Å². The minimum absolute atomic E-state index is 0.0176. The van der Waals surface area contributed by atoms with E-state index in [4.69, 9.17) is 4.74 Å². The van der Waals surface area contributed by atoms with Crippen LogP contribution in [0.2, 0.25) is 0 Å². The Morgan fingerprint density at radius 3 is 2.24 bits per heavy atom. The van der Waals surface area contributed by atoms with Crippen molar-refractivity contribution in [2.24, 2.45) is 5.92 Å². The van der Waals surface area contributed by atoms with Gasteiger partial charge in [-0.25, -0.2) is 4.79 Å². The topological polar surface area (TPSA) is 132 Å². The molecular formula is C39H37N5O6. The number of para-hydroxylation sites is 3. The highest BCUT2D eigenvalue weighted by Crippen LogP contribution is 2.52. The van der Waals surface area contributed by atoms with Crippen molar-refractivity contribution in [3.05, 3.63) is 125 Å². The highest BCUT2D eigenvalue weighted by molar-refractivity contribution is 6.15. The van der Waals surface area contributed by atoms with E-state index in [1.54, 1.807) is 71.6 Å². The third-order valence-electron chi connectivity index (χ3n) is 10.1. The molecule has 11 nitrogen and oxygen atoms in total. The smallest absolute Gasteiger partial charge is 0.412 e. The molecule has 4 aliphatic rings. The fraction of sp³-hybridized carbons (Fsp3) is 0.282. The first-order chi connectivity index (χ1) is 24.2. The van der Waals surface area contributed by atoms with E-state index >= 15 is 0 Å². The summed E-state index contributed by atoms with van der Waals surface area (Å²) in [5.41, 5.74) is 1.61. The average Bonchev–Trinajstić information content (AvgIpc) is 3.50. The van der Waals surface area contributed by atoms with E-state index in [1.807, 2.05) is 50.2 Å². The molecule has 0 saturated carbocycles. The Labute approximate surface area is 289 Å². The molecule has 254 valence electrons. The van der Waals surface area contributed by atoms with Crippen LogP contribution >= 0.6 is 0 Å². The van der Waals surface area contributed by atoms with Crippen molar-refractivity contribution in [1.29, 1.82) is 0 Å². The van der Waals surface area contributed by atoms with Crippen LogP contribution in [0.1, 0.15) is 58.5 Å². The van der Waals surface area contributed by atoms with Gasteiger partial charge >= 0.3 is 6.09 Å². The van der Waals surface area contributed by atoms with Crippen LogP contribution in [0.3, 0.4) is 0 Å². The monoisotopic (exact) mass is 671 g/mol. The van der Waals surface area contributed by atoms with Crippen LogP contribution in [0.25, 0.3) is 0 Å². The molecule has 4 amide bonds. The number of hydrogen-bond acceptors (Lipinski definition) is 7. The average molecular weight is 672 g/mol. The molecule has 0 radical (unpaired) electrons. The molecule has 0 aliphatic carbocycles. The number of rotatable bonds is 6. The summed E-state index contributed by atoms with van der Waals surface area (Å²) in [6.07, 6.45) is -2.54. The minimum atomic E-state index is -1.88. The molecule has 4 aromatic carbocycles. The molecule has 1 fully saturated rings. The molecule has 4 aromatic rings. The Kier molecular flexibility index (Phi) is 7.60. The highest BCUT2D eigenvalue weighted by Gasteiger charge is 2.64. The van der Waals surface area contributed by atoms with E-state index in [1.165, 1.54) is 9.80 Å². The highest BCUT2D eigenvalue weighted by atomic mass is 16.6. The first-order valence-electron chi connectivity index (χ1n) is 16.9. The summed E-state index contributed by atoms with van der Waals surface area (Å²) in [6, 6.07) is 28.6. The Morgan fingerprint density at radius 1 is 0.820 bits per heavy atom. The maximum absolute atomic E-state index is 14.3. The Hall–Kier alpha value is -5.68.